The molecule has 0 aromatic heterocycles. The van der Waals surface area contributed by atoms with Crippen molar-refractivity contribution in [3.05, 3.63) is 23.8 Å². The number of carbonyl (C=O) groups is 1. The lowest BCUT2D eigenvalue weighted by atomic mass is 9.38. The molecule has 4 heteroatoms. The fourth-order valence-corrected chi connectivity index (χ4v) is 10.4. The van der Waals surface area contributed by atoms with Crippen molar-refractivity contribution in [3.63, 3.8) is 0 Å². The zero-order valence-electron chi connectivity index (χ0n) is 26.7. The number of likely N-dealkylation sites (N-methyl/N-ethyl adjacent to an activating group) is 1. The second-order valence-corrected chi connectivity index (χ2v) is 15.5. The number of hydrogen-bond acceptors (Lipinski definition) is 3. The van der Waals surface area contributed by atoms with Crippen LogP contribution in [0.15, 0.2) is 23.8 Å². The topological polar surface area (TPSA) is 43.8 Å². The minimum absolute atomic E-state index is 0.0963. The zero-order valence-corrected chi connectivity index (χ0v) is 26.7. The molecular formula is C35H60N2O2. The summed E-state index contributed by atoms with van der Waals surface area (Å²) in [5.41, 5.74) is 2.62. The van der Waals surface area contributed by atoms with E-state index < -0.39 is 5.60 Å². The number of amides is 1. The van der Waals surface area contributed by atoms with Crippen LogP contribution in [0.3, 0.4) is 0 Å². The third-order valence-electron chi connectivity index (χ3n) is 13.0. The van der Waals surface area contributed by atoms with Crippen LogP contribution in [0.1, 0.15) is 113 Å². The number of allylic oxidation sites excluding steroid dienone is 3. The average molecular weight is 541 g/mol. The van der Waals surface area contributed by atoms with Crippen molar-refractivity contribution in [3.8, 4) is 0 Å². The van der Waals surface area contributed by atoms with Gasteiger partial charge < -0.3 is 14.9 Å². The molecule has 4 fully saturated rings. The number of nitrogens with zero attached hydrogens (tertiary/aromatic N) is 2. The Bertz CT molecular complexity index is 942. The Morgan fingerprint density at radius 3 is 2.26 bits per heavy atom. The predicted molar refractivity (Wildman–Crippen MR) is 163 cm³/mol. The first-order valence-electron chi connectivity index (χ1n) is 16.1. The van der Waals surface area contributed by atoms with E-state index >= 15 is 0 Å². The Morgan fingerprint density at radius 1 is 1.00 bits per heavy atom. The molecule has 4 rings (SSSR count). The van der Waals surface area contributed by atoms with Gasteiger partial charge in [0.1, 0.15) is 0 Å². The van der Waals surface area contributed by atoms with Gasteiger partial charge in [-0.3, -0.25) is 4.79 Å². The van der Waals surface area contributed by atoms with E-state index in [1.165, 1.54) is 43.3 Å². The normalized spacial score (nSPS) is 40.4. The number of hydrogen-bond donors (Lipinski definition) is 1. The first-order valence-corrected chi connectivity index (χ1v) is 16.1. The van der Waals surface area contributed by atoms with Crippen molar-refractivity contribution in [1.82, 2.24) is 9.80 Å². The molecule has 1 aliphatic heterocycles. The Labute approximate surface area is 240 Å². The molecule has 1 heterocycles. The highest BCUT2D eigenvalue weighted by atomic mass is 16.3. The number of fused-ring (bicyclic) bond motifs is 3. The van der Waals surface area contributed by atoms with E-state index in [0.717, 1.165) is 51.9 Å². The summed E-state index contributed by atoms with van der Waals surface area (Å²) in [6.07, 6.45) is 13.0. The molecule has 0 radical (unpaired) electrons. The lowest BCUT2D eigenvalue weighted by Gasteiger charge is -2.66. The third kappa shape index (κ3) is 5.55. The van der Waals surface area contributed by atoms with Crippen molar-refractivity contribution < 1.29 is 9.90 Å². The molecule has 0 aromatic carbocycles. The van der Waals surface area contributed by atoms with E-state index in [1.807, 2.05) is 0 Å². The monoisotopic (exact) mass is 540 g/mol. The van der Waals surface area contributed by atoms with Crippen LogP contribution in [0, 0.1) is 39.9 Å². The molecule has 3 saturated carbocycles. The Hall–Kier alpha value is -1.13. The van der Waals surface area contributed by atoms with E-state index in [0.29, 0.717) is 36.0 Å². The molecule has 4 nitrogen and oxygen atoms in total. The van der Waals surface area contributed by atoms with Gasteiger partial charge in [-0.05, 0) is 132 Å². The molecule has 1 N–H and O–H groups in total. The molecule has 0 bridgehead atoms. The molecule has 0 aromatic rings. The van der Waals surface area contributed by atoms with Gasteiger partial charge in [-0.15, -0.1) is 0 Å². The summed E-state index contributed by atoms with van der Waals surface area (Å²) in [7, 11) is 2.15. The maximum absolute atomic E-state index is 13.4. The van der Waals surface area contributed by atoms with Gasteiger partial charge in [-0.25, -0.2) is 0 Å². The highest BCUT2D eigenvalue weighted by Gasteiger charge is 2.67. The van der Waals surface area contributed by atoms with Gasteiger partial charge in [0.2, 0.25) is 5.91 Å². The fourth-order valence-electron chi connectivity index (χ4n) is 10.4. The van der Waals surface area contributed by atoms with E-state index in [2.05, 4.69) is 78.0 Å². The van der Waals surface area contributed by atoms with Crippen molar-refractivity contribution in [2.45, 2.75) is 118 Å². The first-order chi connectivity index (χ1) is 18.2. The highest BCUT2D eigenvalue weighted by Crippen LogP contribution is 2.74. The number of carbonyl (C=O) groups excluding carboxylic acids is 1. The van der Waals surface area contributed by atoms with Gasteiger partial charge >= 0.3 is 0 Å². The van der Waals surface area contributed by atoms with Crippen LogP contribution in [0.4, 0.5) is 0 Å². The lowest BCUT2D eigenvalue weighted by molar-refractivity contribution is -0.178. The third-order valence-corrected chi connectivity index (χ3v) is 13.0. The van der Waals surface area contributed by atoms with Gasteiger partial charge in [0, 0.05) is 32.6 Å². The molecule has 1 amide bonds. The second kappa shape index (κ2) is 11.3. The van der Waals surface area contributed by atoms with Crippen LogP contribution in [-0.4, -0.2) is 59.6 Å². The molecule has 0 unspecified atom stereocenters. The van der Waals surface area contributed by atoms with Gasteiger partial charge in [0.05, 0.1) is 5.60 Å². The zero-order chi connectivity index (χ0) is 28.8. The van der Waals surface area contributed by atoms with Crippen LogP contribution in [0.2, 0.25) is 0 Å². The van der Waals surface area contributed by atoms with Crippen molar-refractivity contribution >= 4 is 5.91 Å². The van der Waals surface area contributed by atoms with Crippen molar-refractivity contribution in [2.75, 3.05) is 33.2 Å². The SMILES string of the molecule is C=C(C)[C@@H]1CC[C@]2(C)[C@H](CC[C@@H]3[C@@H]([C@@](C)(O)CCC=C(C)C)CC[C@]32C)[C@@]1(C)CCC(=O)N1CCN(C)CC1. The van der Waals surface area contributed by atoms with E-state index in [4.69, 9.17) is 0 Å². The first kappa shape index (κ1) is 30.8. The van der Waals surface area contributed by atoms with Gasteiger partial charge in [0.15, 0.2) is 0 Å². The molecule has 0 spiro atoms. The summed E-state index contributed by atoms with van der Waals surface area (Å²) in [5, 5.41) is 11.8. The van der Waals surface area contributed by atoms with E-state index in [9.17, 15) is 9.90 Å². The largest absolute Gasteiger partial charge is 0.390 e. The highest BCUT2D eigenvalue weighted by molar-refractivity contribution is 5.76. The molecule has 4 aliphatic rings. The molecule has 3 aliphatic carbocycles. The summed E-state index contributed by atoms with van der Waals surface area (Å²) in [5.74, 6) is 2.40. The van der Waals surface area contributed by atoms with Crippen LogP contribution in [-0.2, 0) is 4.79 Å². The van der Waals surface area contributed by atoms with Crippen LogP contribution in [0.25, 0.3) is 0 Å². The van der Waals surface area contributed by atoms with Crippen LogP contribution >= 0.6 is 0 Å². The van der Waals surface area contributed by atoms with E-state index in [1.54, 1.807) is 0 Å². The Kier molecular flexibility index (Phi) is 8.91. The molecular weight excluding hydrogens is 480 g/mol. The van der Waals surface area contributed by atoms with Crippen molar-refractivity contribution in [1.29, 1.82) is 0 Å². The average Bonchev–Trinajstić information content (AvgIpc) is 3.22. The summed E-state index contributed by atoms with van der Waals surface area (Å²) >= 11 is 0. The quantitative estimate of drug-likeness (QED) is 0.325. The summed E-state index contributed by atoms with van der Waals surface area (Å²) < 4.78 is 0. The summed E-state index contributed by atoms with van der Waals surface area (Å²) in [6.45, 7) is 24.6. The fraction of sp³-hybridized carbons (Fsp3) is 0.857. The van der Waals surface area contributed by atoms with Gasteiger partial charge in [0.25, 0.3) is 0 Å². The van der Waals surface area contributed by atoms with E-state index in [-0.39, 0.29) is 16.2 Å². The molecule has 39 heavy (non-hydrogen) atoms. The maximum Gasteiger partial charge on any atom is 0.222 e. The Balaban J connectivity index is 1.56. The standard InChI is InChI=1S/C35H60N2O2/c1-25(2)11-10-17-35(8,39)29-15-19-33(6)28(29)12-13-30-32(5,27(26(3)4)14-20-34(30,33)7)18-16-31(38)37-23-21-36(9)22-24-37/h11,27-30,39H,3,10,12-24H2,1-2,4-9H3/t27-,28+,29-,30+,32-,33+,34+,35-/m0/s1. The lowest BCUT2D eigenvalue weighted by Crippen LogP contribution is -2.60. The molecule has 222 valence electrons. The minimum Gasteiger partial charge on any atom is -0.390 e. The van der Waals surface area contributed by atoms with Crippen LogP contribution < -0.4 is 0 Å². The number of piperazine rings is 1. The molecule has 8 atom stereocenters. The van der Waals surface area contributed by atoms with Gasteiger partial charge in [-0.2, -0.15) is 0 Å². The smallest absolute Gasteiger partial charge is 0.222 e. The summed E-state index contributed by atoms with van der Waals surface area (Å²) in [4.78, 5) is 17.8. The maximum atomic E-state index is 13.4. The minimum atomic E-state index is -0.606. The number of aliphatic hydroxyl groups is 1. The predicted octanol–water partition coefficient (Wildman–Crippen LogP) is 7.48. The molecule has 1 saturated heterocycles. The summed E-state index contributed by atoms with van der Waals surface area (Å²) in [6, 6.07) is 0. The van der Waals surface area contributed by atoms with Gasteiger partial charge in [-0.1, -0.05) is 44.6 Å². The van der Waals surface area contributed by atoms with Crippen molar-refractivity contribution in [2.24, 2.45) is 39.9 Å². The Morgan fingerprint density at radius 2 is 1.64 bits per heavy atom. The number of rotatable bonds is 8. The second-order valence-electron chi connectivity index (χ2n) is 15.5. The van der Waals surface area contributed by atoms with Crippen LogP contribution in [0.5, 0.6) is 0 Å².